The molecule has 1 aromatic heterocycles. The SMILES string of the molecule is Cc1ccsc1C1C(C(=O)C(C)(C)C)=C(O)C(=O)N1CCCN(C)C. The van der Waals surface area contributed by atoms with Gasteiger partial charge in [-0.2, -0.15) is 0 Å². The average Bonchev–Trinajstić information content (AvgIpc) is 3.01. The highest BCUT2D eigenvalue weighted by Gasteiger charge is 2.46. The predicted molar refractivity (Wildman–Crippen MR) is 101 cm³/mol. The molecule has 2 heterocycles. The normalized spacial score (nSPS) is 18.6. The molecular formula is C19H28N2O3S. The van der Waals surface area contributed by atoms with E-state index in [2.05, 4.69) is 4.90 Å². The van der Waals surface area contributed by atoms with E-state index in [4.69, 9.17) is 0 Å². The van der Waals surface area contributed by atoms with E-state index in [1.807, 2.05) is 53.2 Å². The molecule has 2 rings (SSSR count). The molecule has 0 bridgehead atoms. The average molecular weight is 365 g/mol. The summed E-state index contributed by atoms with van der Waals surface area (Å²) in [5.41, 5.74) is 0.620. The van der Waals surface area contributed by atoms with Crippen LogP contribution in [0.4, 0.5) is 0 Å². The summed E-state index contributed by atoms with van der Waals surface area (Å²) in [5, 5.41) is 12.5. The van der Waals surface area contributed by atoms with Crippen molar-refractivity contribution in [1.29, 1.82) is 0 Å². The van der Waals surface area contributed by atoms with Crippen molar-refractivity contribution in [2.75, 3.05) is 27.2 Å². The van der Waals surface area contributed by atoms with Gasteiger partial charge in [-0.3, -0.25) is 9.59 Å². The number of aliphatic hydroxyl groups is 1. The second kappa shape index (κ2) is 7.30. The van der Waals surface area contributed by atoms with Crippen LogP contribution in [0.1, 0.15) is 43.7 Å². The van der Waals surface area contributed by atoms with Gasteiger partial charge in [0.05, 0.1) is 11.6 Å². The molecule has 0 aromatic carbocycles. The second-order valence-electron chi connectivity index (χ2n) is 7.87. The van der Waals surface area contributed by atoms with Crippen LogP contribution in [0.15, 0.2) is 22.8 Å². The van der Waals surface area contributed by atoms with E-state index in [1.165, 1.54) is 11.3 Å². The quantitative estimate of drug-likeness (QED) is 0.841. The van der Waals surface area contributed by atoms with Crippen LogP contribution in [0.3, 0.4) is 0 Å². The summed E-state index contributed by atoms with van der Waals surface area (Å²) in [7, 11) is 3.97. The lowest BCUT2D eigenvalue weighted by molar-refractivity contribution is -0.129. The molecular weight excluding hydrogens is 336 g/mol. The maximum Gasteiger partial charge on any atom is 0.290 e. The lowest BCUT2D eigenvalue weighted by Crippen LogP contribution is -2.34. The van der Waals surface area contributed by atoms with Gasteiger partial charge in [-0.1, -0.05) is 20.8 Å². The van der Waals surface area contributed by atoms with Gasteiger partial charge in [-0.15, -0.1) is 11.3 Å². The fraction of sp³-hybridized carbons (Fsp3) is 0.579. The van der Waals surface area contributed by atoms with Gasteiger partial charge >= 0.3 is 0 Å². The van der Waals surface area contributed by atoms with Crippen LogP contribution >= 0.6 is 11.3 Å². The standard InChI is InChI=1S/C19H28N2O3S/c1-12-8-11-25-16(12)14-13(17(23)19(2,3)4)15(22)18(24)21(14)10-7-9-20(5)6/h8,11,14,22H,7,9-10H2,1-6H3. The van der Waals surface area contributed by atoms with Crippen molar-refractivity contribution in [3.8, 4) is 0 Å². The molecule has 5 nitrogen and oxygen atoms in total. The predicted octanol–water partition coefficient (Wildman–Crippen LogP) is 3.32. The smallest absolute Gasteiger partial charge is 0.290 e. The number of aryl methyl sites for hydroxylation is 1. The first kappa shape index (κ1) is 19.7. The summed E-state index contributed by atoms with van der Waals surface area (Å²) in [4.78, 5) is 30.3. The fourth-order valence-electron chi connectivity index (χ4n) is 3.01. The molecule has 1 unspecified atom stereocenters. The number of thiophene rings is 1. The van der Waals surface area contributed by atoms with Crippen molar-refractivity contribution < 1.29 is 14.7 Å². The Kier molecular flexibility index (Phi) is 5.74. The number of aliphatic hydroxyl groups excluding tert-OH is 1. The molecule has 1 atom stereocenters. The topological polar surface area (TPSA) is 60.9 Å². The first-order valence-electron chi connectivity index (χ1n) is 8.53. The van der Waals surface area contributed by atoms with Crippen LogP contribution in [0, 0.1) is 12.3 Å². The van der Waals surface area contributed by atoms with Crippen molar-refractivity contribution in [2.24, 2.45) is 5.41 Å². The molecule has 0 saturated carbocycles. The van der Waals surface area contributed by atoms with Crippen LogP contribution in [-0.4, -0.2) is 53.8 Å². The minimum Gasteiger partial charge on any atom is -0.503 e. The number of ketones is 1. The molecule has 0 spiro atoms. The van der Waals surface area contributed by atoms with E-state index in [0.29, 0.717) is 6.54 Å². The number of hydrogen-bond acceptors (Lipinski definition) is 5. The highest BCUT2D eigenvalue weighted by atomic mass is 32.1. The number of carbonyl (C=O) groups excluding carboxylic acids is 2. The summed E-state index contributed by atoms with van der Waals surface area (Å²) >= 11 is 1.52. The van der Waals surface area contributed by atoms with Crippen molar-refractivity contribution in [2.45, 2.75) is 40.2 Å². The van der Waals surface area contributed by atoms with Gasteiger partial charge in [0.1, 0.15) is 0 Å². The highest BCUT2D eigenvalue weighted by Crippen LogP contribution is 2.43. The first-order valence-corrected chi connectivity index (χ1v) is 9.41. The van der Waals surface area contributed by atoms with E-state index in [0.717, 1.165) is 23.4 Å². The van der Waals surface area contributed by atoms with Crippen molar-refractivity contribution >= 4 is 23.0 Å². The second-order valence-corrected chi connectivity index (χ2v) is 8.81. The van der Waals surface area contributed by atoms with E-state index in [1.54, 1.807) is 4.90 Å². The van der Waals surface area contributed by atoms with Gasteiger partial charge < -0.3 is 14.9 Å². The molecule has 1 aliphatic heterocycles. The third kappa shape index (κ3) is 3.96. The molecule has 0 saturated heterocycles. The third-order valence-electron chi connectivity index (χ3n) is 4.38. The summed E-state index contributed by atoms with van der Waals surface area (Å²) in [5.74, 6) is -1.00. The summed E-state index contributed by atoms with van der Waals surface area (Å²) < 4.78 is 0. The number of hydrogen-bond donors (Lipinski definition) is 1. The van der Waals surface area contributed by atoms with Gasteiger partial charge in [-0.25, -0.2) is 0 Å². The maximum absolute atomic E-state index is 13.0. The van der Waals surface area contributed by atoms with E-state index < -0.39 is 17.4 Å². The van der Waals surface area contributed by atoms with Gasteiger partial charge in [0.25, 0.3) is 5.91 Å². The number of Topliss-reactive ketones (excluding diaryl/α,β-unsaturated/α-hetero) is 1. The third-order valence-corrected chi connectivity index (χ3v) is 5.46. The van der Waals surface area contributed by atoms with Crippen LogP contribution in [-0.2, 0) is 9.59 Å². The Morgan fingerprint density at radius 2 is 2.00 bits per heavy atom. The Bertz CT molecular complexity index is 698. The van der Waals surface area contributed by atoms with Crippen LogP contribution in [0.5, 0.6) is 0 Å². The van der Waals surface area contributed by atoms with Crippen LogP contribution < -0.4 is 0 Å². The maximum atomic E-state index is 13.0. The zero-order valence-electron chi connectivity index (χ0n) is 15.9. The van der Waals surface area contributed by atoms with Crippen molar-refractivity contribution in [3.05, 3.63) is 33.2 Å². The zero-order valence-corrected chi connectivity index (χ0v) is 16.7. The summed E-state index contributed by atoms with van der Waals surface area (Å²) in [6, 6.07) is 1.50. The molecule has 0 aliphatic carbocycles. The largest absolute Gasteiger partial charge is 0.503 e. The Morgan fingerprint density at radius 3 is 2.48 bits per heavy atom. The first-order chi connectivity index (χ1) is 11.6. The lowest BCUT2D eigenvalue weighted by Gasteiger charge is -2.28. The molecule has 6 heteroatoms. The Hall–Kier alpha value is -1.66. The molecule has 1 amide bonds. The van der Waals surface area contributed by atoms with Gasteiger partial charge in [-0.05, 0) is 51.0 Å². The van der Waals surface area contributed by atoms with Gasteiger partial charge in [0.15, 0.2) is 11.5 Å². The minimum absolute atomic E-state index is 0.175. The number of nitrogens with zero attached hydrogens (tertiary/aromatic N) is 2. The summed E-state index contributed by atoms with van der Waals surface area (Å²) in [6.07, 6.45) is 0.782. The molecule has 1 N–H and O–H groups in total. The van der Waals surface area contributed by atoms with E-state index >= 15 is 0 Å². The summed E-state index contributed by atoms with van der Waals surface area (Å²) in [6.45, 7) is 8.75. The molecule has 138 valence electrons. The van der Waals surface area contributed by atoms with E-state index in [9.17, 15) is 14.7 Å². The van der Waals surface area contributed by atoms with Crippen LogP contribution in [0.25, 0.3) is 0 Å². The molecule has 25 heavy (non-hydrogen) atoms. The fourth-order valence-corrected chi connectivity index (χ4v) is 4.06. The number of rotatable bonds is 6. The molecule has 1 aromatic rings. The molecule has 1 aliphatic rings. The molecule has 0 fully saturated rings. The Balaban J connectivity index is 2.44. The number of amides is 1. The Morgan fingerprint density at radius 1 is 1.36 bits per heavy atom. The number of carbonyl (C=O) groups is 2. The monoisotopic (exact) mass is 364 g/mol. The van der Waals surface area contributed by atoms with Gasteiger partial charge in [0, 0.05) is 16.8 Å². The highest BCUT2D eigenvalue weighted by molar-refractivity contribution is 7.10. The molecule has 0 radical (unpaired) electrons. The Labute approximate surface area is 153 Å². The van der Waals surface area contributed by atoms with Gasteiger partial charge in [0.2, 0.25) is 0 Å². The minimum atomic E-state index is -0.660. The lowest BCUT2D eigenvalue weighted by atomic mass is 9.83. The van der Waals surface area contributed by atoms with Crippen molar-refractivity contribution in [1.82, 2.24) is 9.80 Å². The van der Waals surface area contributed by atoms with Crippen molar-refractivity contribution in [3.63, 3.8) is 0 Å². The van der Waals surface area contributed by atoms with E-state index in [-0.39, 0.29) is 17.1 Å². The van der Waals surface area contributed by atoms with Crippen LogP contribution in [0.2, 0.25) is 0 Å². The zero-order chi connectivity index (χ0) is 18.9.